The number of nitrogens with one attached hydrogen (secondary N) is 1. The molecular formula is C22H17ClF3N5O3. The highest BCUT2D eigenvalue weighted by atomic mass is 35.5. The van der Waals surface area contributed by atoms with E-state index in [1.165, 1.54) is 30.3 Å². The van der Waals surface area contributed by atoms with E-state index < -0.39 is 17.6 Å². The minimum absolute atomic E-state index is 0.0269. The van der Waals surface area contributed by atoms with E-state index in [1.54, 1.807) is 6.92 Å². The zero-order valence-electron chi connectivity index (χ0n) is 17.8. The molecule has 3 aromatic heterocycles. The van der Waals surface area contributed by atoms with Gasteiger partial charge in [0.05, 0.1) is 40.9 Å². The van der Waals surface area contributed by atoms with Gasteiger partial charge in [-0.1, -0.05) is 11.6 Å². The van der Waals surface area contributed by atoms with Crippen LogP contribution >= 0.6 is 11.6 Å². The molecule has 2 N–H and O–H groups in total. The molecule has 4 aromatic rings. The summed E-state index contributed by atoms with van der Waals surface area (Å²) < 4.78 is 44.8. The molecule has 0 saturated heterocycles. The van der Waals surface area contributed by atoms with Crippen LogP contribution in [0.5, 0.6) is 11.5 Å². The Morgan fingerprint density at radius 2 is 1.91 bits per heavy atom. The summed E-state index contributed by atoms with van der Waals surface area (Å²) >= 11 is 6.50. The summed E-state index contributed by atoms with van der Waals surface area (Å²) in [6.07, 6.45) is -1.74. The second kappa shape index (κ2) is 8.82. The maximum absolute atomic E-state index is 12.7. The second-order valence-electron chi connectivity index (χ2n) is 7.27. The molecule has 0 radical (unpaired) electrons. The third kappa shape index (κ3) is 4.34. The first-order chi connectivity index (χ1) is 16.1. The molecule has 1 amide bonds. The van der Waals surface area contributed by atoms with Crippen LogP contribution in [-0.2, 0) is 12.7 Å². The number of methoxy groups -OCH3 is 1. The monoisotopic (exact) mass is 491 g/mol. The fourth-order valence-corrected chi connectivity index (χ4v) is 3.74. The number of carbonyl (C=O) groups is 1. The van der Waals surface area contributed by atoms with Crippen molar-refractivity contribution >= 4 is 34.2 Å². The molecule has 0 fully saturated rings. The van der Waals surface area contributed by atoms with Crippen LogP contribution in [0, 0.1) is 6.92 Å². The number of halogens is 4. The van der Waals surface area contributed by atoms with Crippen molar-refractivity contribution in [2.75, 3.05) is 12.4 Å². The van der Waals surface area contributed by atoms with Crippen molar-refractivity contribution < 1.29 is 27.8 Å². The highest BCUT2D eigenvalue weighted by molar-refractivity contribution is 6.39. The average Bonchev–Trinajstić information content (AvgIpc) is 3.11. The summed E-state index contributed by atoms with van der Waals surface area (Å²) in [7, 11) is 1.42. The predicted molar refractivity (Wildman–Crippen MR) is 118 cm³/mol. The van der Waals surface area contributed by atoms with Gasteiger partial charge in [0.25, 0.3) is 5.91 Å². The van der Waals surface area contributed by atoms with Crippen LogP contribution in [0.1, 0.15) is 27.3 Å². The summed E-state index contributed by atoms with van der Waals surface area (Å²) in [5.74, 6) is -0.519. The van der Waals surface area contributed by atoms with Gasteiger partial charge in [0.15, 0.2) is 17.1 Å². The number of alkyl halides is 3. The van der Waals surface area contributed by atoms with Crippen LogP contribution in [-0.4, -0.2) is 37.9 Å². The van der Waals surface area contributed by atoms with Crippen LogP contribution in [0.4, 0.5) is 18.9 Å². The number of fused-ring (bicyclic) bond motifs is 1. The largest absolute Gasteiger partial charge is 0.503 e. The number of hydrogen-bond donors (Lipinski definition) is 2. The SMILES string of the molecule is COc1ccnc(Cn2nc(C)c3c(Cl)c(C(=O)Nc4ccc(C(F)(F)F)cc4)cnc32)c1O. The van der Waals surface area contributed by atoms with Crippen LogP contribution in [0.25, 0.3) is 11.0 Å². The second-order valence-corrected chi connectivity index (χ2v) is 7.64. The van der Waals surface area contributed by atoms with Crippen molar-refractivity contribution in [1.82, 2.24) is 19.7 Å². The summed E-state index contributed by atoms with van der Waals surface area (Å²) in [5, 5.41) is 17.7. The molecule has 0 atom stereocenters. The van der Waals surface area contributed by atoms with Gasteiger partial charge in [-0.05, 0) is 31.2 Å². The van der Waals surface area contributed by atoms with Gasteiger partial charge in [0.2, 0.25) is 0 Å². The van der Waals surface area contributed by atoms with Gasteiger partial charge < -0.3 is 15.2 Å². The Hall–Kier alpha value is -3.86. The Kier molecular flexibility index (Phi) is 6.05. The number of hydrogen-bond acceptors (Lipinski definition) is 6. The number of carbonyl (C=O) groups excluding carboxylic acids is 1. The van der Waals surface area contributed by atoms with Gasteiger partial charge in [-0.3, -0.25) is 9.78 Å². The molecule has 4 rings (SSSR count). The zero-order chi connectivity index (χ0) is 24.6. The van der Waals surface area contributed by atoms with E-state index in [1.807, 2.05) is 0 Å². The van der Waals surface area contributed by atoms with Crippen LogP contribution < -0.4 is 10.1 Å². The highest BCUT2D eigenvalue weighted by Crippen LogP contribution is 2.33. The lowest BCUT2D eigenvalue weighted by atomic mass is 10.1. The molecule has 0 unspecified atom stereocenters. The number of rotatable bonds is 5. The molecule has 0 saturated carbocycles. The predicted octanol–water partition coefficient (Wildman–Crippen LogP) is 4.82. The lowest BCUT2D eigenvalue weighted by molar-refractivity contribution is -0.137. The summed E-state index contributed by atoms with van der Waals surface area (Å²) in [4.78, 5) is 21.2. The van der Waals surface area contributed by atoms with E-state index in [4.69, 9.17) is 16.3 Å². The average molecular weight is 492 g/mol. The van der Waals surface area contributed by atoms with E-state index >= 15 is 0 Å². The Labute approximate surface area is 196 Å². The molecule has 3 heterocycles. The van der Waals surface area contributed by atoms with Gasteiger partial charge in [0, 0.05) is 24.1 Å². The molecule has 0 spiro atoms. The molecule has 34 heavy (non-hydrogen) atoms. The molecule has 1 aromatic carbocycles. The first kappa shape index (κ1) is 23.3. The van der Waals surface area contributed by atoms with Gasteiger partial charge >= 0.3 is 6.18 Å². The van der Waals surface area contributed by atoms with Crippen LogP contribution in [0.15, 0.2) is 42.7 Å². The lowest BCUT2D eigenvalue weighted by Gasteiger charge is -2.10. The number of amides is 1. The number of aryl methyl sites for hydroxylation is 1. The van der Waals surface area contributed by atoms with E-state index in [0.717, 1.165) is 24.3 Å². The molecule has 176 valence electrons. The molecule has 12 heteroatoms. The van der Waals surface area contributed by atoms with Crippen molar-refractivity contribution in [2.24, 2.45) is 0 Å². The molecule has 0 aliphatic carbocycles. The smallest absolute Gasteiger partial charge is 0.416 e. The normalized spacial score (nSPS) is 11.6. The minimum atomic E-state index is -4.48. The van der Waals surface area contributed by atoms with Gasteiger partial charge in [-0.2, -0.15) is 18.3 Å². The van der Waals surface area contributed by atoms with Crippen molar-refractivity contribution in [3.8, 4) is 11.5 Å². The number of nitrogens with zero attached hydrogens (tertiary/aromatic N) is 4. The Morgan fingerprint density at radius 3 is 2.56 bits per heavy atom. The van der Waals surface area contributed by atoms with Crippen molar-refractivity contribution in [2.45, 2.75) is 19.6 Å². The standard InChI is InChI=1S/C22H17ClF3N5O3/c1-11-17-18(23)14(21(33)29-13-5-3-12(4-6-13)22(24,25)26)9-28-20(17)31(30-11)10-15-19(32)16(34-2)7-8-27-15/h3-9,32H,10H2,1-2H3,(H,29,33). The van der Waals surface area contributed by atoms with Gasteiger partial charge in [-0.25, -0.2) is 9.67 Å². The van der Waals surface area contributed by atoms with Gasteiger partial charge in [0.1, 0.15) is 5.69 Å². The molecular weight excluding hydrogens is 475 g/mol. The van der Waals surface area contributed by atoms with E-state index in [9.17, 15) is 23.1 Å². The number of ether oxygens (including phenoxy) is 1. The summed E-state index contributed by atoms with van der Waals surface area (Å²) in [6, 6.07) is 5.56. The van der Waals surface area contributed by atoms with Crippen molar-refractivity contribution in [3.63, 3.8) is 0 Å². The first-order valence-corrected chi connectivity index (χ1v) is 10.2. The Morgan fingerprint density at radius 1 is 1.21 bits per heavy atom. The third-order valence-electron chi connectivity index (χ3n) is 5.07. The quantitative estimate of drug-likeness (QED) is 0.415. The minimum Gasteiger partial charge on any atom is -0.503 e. The fourth-order valence-electron chi connectivity index (χ4n) is 3.38. The van der Waals surface area contributed by atoms with Crippen molar-refractivity contribution in [3.05, 3.63) is 70.3 Å². The van der Waals surface area contributed by atoms with E-state index in [-0.39, 0.29) is 34.3 Å². The van der Waals surface area contributed by atoms with E-state index in [2.05, 4.69) is 20.4 Å². The molecule has 0 aliphatic heterocycles. The Bertz CT molecular complexity index is 1390. The molecule has 8 nitrogen and oxygen atoms in total. The third-order valence-corrected chi connectivity index (χ3v) is 5.46. The highest BCUT2D eigenvalue weighted by Gasteiger charge is 2.30. The molecule has 0 aliphatic rings. The fraction of sp³-hybridized carbons (Fsp3) is 0.182. The van der Waals surface area contributed by atoms with Crippen molar-refractivity contribution in [1.29, 1.82) is 0 Å². The van der Waals surface area contributed by atoms with Crippen LogP contribution in [0.2, 0.25) is 5.02 Å². The number of benzene rings is 1. The topological polar surface area (TPSA) is 102 Å². The number of pyridine rings is 2. The number of anilines is 1. The summed E-state index contributed by atoms with van der Waals surface area (Å²) in [5.41, 5.74) is 0.508. The first-order valence-electron chi connectivity index (χ1n) is 9.81. The molecule has 0 bridgehead atoms. The maximum atomic E-state index is 12.7. The lowest BCUT2D eigenvalue weighted by Crippen LogP contribution is -2.14. The van der Waals surface area contributed by atoms with Crippen LogP contribution in [0.3, 0.4) is 0 Å². The number of aromatic hydroxyl groups is 1. The summed E-state index contributed by atoms with van der Waals surface area (Å²) in [6.45, 7) is 1.75. The number of aromatic nitrogens is 4. The van der Waals surface area contributed by atoms with E-state index in [0.29, 0.717) is 22.4 Å². The van der Waals surface area contributed by atoms with Gasteiger partial charge in [-0.15, -0.1) is 0 Å². The zero-order valence-corrected chi connectivity index (χ0v) is 18.6. The Balaban J connectivity index is 1.63. The maximum Gasteiger partial charge on any atom is 0.416 e.